The molecule has 0 aliphatic carbocycles. The summed E-state index contributed by atoms with van der Waals surface area (Å²) in [6.45, 7) is 7.85. The van der Waals surface area contributed by atoms with Crippen molar-refractivity contribution >= 4 is 27.3 Å². The van der Waals surface area contributed by atoms with E-state index in [0.29, 0.717) is 12.1 Å². The Morgan fingerprint density at radius 1 is 1.53 bits per heavy atom. The van der Waals surface area contributed by atoms with Crippen molar-refractivity contribution in [3.05, 3.63) is 20.8 Å². The van der Waals surface area contributed by atoms with Gasteiger partial charge in [0.15, 0.2) is 0 Å². The number of piperazine rings is 1. The molecule has 3 unspecified atom stereocenters. The third kappa shape index (κ3) is 3.58. The molecule has 0 amide bonds. The second-order valence-electron chi connectivity index (χ2n) is 5.53. The third-order valence-corrected chi connectivity index (χ3v) is 5.76. The maximum atomic E-state index is 6.42. The molecule has 5 heteroatoms. The molecular weight excluding hydrogens is 322 g/mol. The van der Waals surface area contributed by atoms with Gasteiger partial charge in [0.05, 0.1) is 6.04 Å². The van der Waals surface area contributed by atoms with E-state index in [9.17, 15) is 0 Å². The van der Waals surface area contributed by atoms with Crippen molar-refractivity contribution in [3.63, 3.8) is 0 Å². The maximum absolute atomic E-state index is 6.42. The van der Waals surface area contributed by atoms with Crippen LogP contribution in [-0.4, -0.2) is 48.6 Å². The molecule has 0 radical (unpaired) electrons. The van der Waals surface area contributed by atoms with E-state index in [1.807, 2.05) is 11.3 Å². The summed E-state index contributed by atoms with van der Waals surface area (Å²) in [4.78, 5) is 6.38. The van der Waals surface area contributed by atoms with Crippen molar-refractivity contribution in [2.75, 3.05) is 26.7 Å². The summed E-state index contributed by atoms with van der Waals surface area (Å²) in [6, 6.07) is 3.35. The van der Waals surface area contributed by atoms with Crippen molar-refractivity contribution in [2.24, 2.45) is 5.73 Å². The minimum Gasteiger partial charge on any atom is -0.326 e. The maximum Gasteiger partial charge on any atom is 0.0596 e. The molecule has 1 fully saturated rings. The fourth-order valence-electron chi connectivity index (χ4n) is 2.89. The predicted octanol–water partition coefficient (Wildman–Crippen LogP) is 2.92. The van der Waals surface area contributed by atoms with Crippen molar-refractivity contribution in [1.82, 2.24) is 9.80 Å². The normalized spacial score (nSPS) is 25.4. The van der Waals surface area contributed by atoms with Crippen LogP contribution in [-0.2, 0) is 0 Å². The Kier molecular flexibility index (Phi) is 5.43. The van der Waals surface area contributed by atoms with Gasteiger partial charge in [-0.1, -0.05) is 6.92 Å². The summed E-state index contributed by atoms with van der Waals surface area (Å²) in [7, 11) is 2.20. The first kappa shape index (κ1) is 15.4. The number of nitrogens with two attached hydrogens (primary N) is 1. The first-order valence-corrected chi connectivity index (χ1v) is 8.64. The summed E-state index contributed by atoms with van der Waals surface area (Å²) in [5.41, 5.74) is 6.42. The van der Waals surface area contributed by atoms with Crippen LogP contribution in [0.2, 0.25) is 0 Å². The highest BCUT2D eigenvalue weighted by Crippen LogP contribution is 2.34. The molecule has 1 aromatic rings. The molecule has 3 nitrogen and oxygen atoms in total. The molecule has 2 heterocycles. The summed E-state index contributed by atoms with van der Waals surface area (Å²) in [6.07, 6.45) is 1.01. The van der Waals surface area contributed by atoms with Crippen LogP contribution in [0.25, 0.3) is 0 Å². The molecule has 1 saturated heterocycles. The standard InChI is InChI=1S/C14H24BrN3S/c1-4-12(16)14(13-7-11(15)9-19-13)18-6-5-17(3)8-10(18)2/h7,9-10,12,14H,4-6,8,16H2,1-3H3. The lowest BCUT2D eigenvalue weighted by Crippen LogP contribution is -2.54. The fraction of sp³-hybridized carbons (Fsp3) is 0.714. The molecule has 2 N–H and O–H groups in total. The van der Waals surface area contributed by atoms with Crippen LogP contribution >= 0.6 is 27.3 Å². The lowest BCUT2D eigenvalue weighted by Gasteiger charge is -2.44. The highest BCUT2D eigenvalue weighted by Gasteiger charge is 2.33. The quantitative estimate of drug-likeness (QED) is 0.910. The molecule has 2 rings (SSSR count). The highest BCUT2D eigenvalue weighted by atomic mass is 79.9. The van der Waals surface area contributed by atoms with Gasteiger partial charge < -0.3 is 10.6 Å². The van der Waals surface area contributed by atoms with E-state index >= 15 is 0 Å². The minimum absolute atomic E-state index is 0.205. The zero-order valence-corrected chi connectivity index (χ0v) is 14.4. The largest absolute Gasteiger partial charge is 0.326 e. The number of nitrogens with zero attached hydrogens (tertiary/aromatic N) is 2. The van der Waals surface area contributed by atoms with E-state index in [2.05, 4.69) is 58.1 Å². The fourth-order valence-corrected chi connectivity index (χ4v) is 4.53. The van der Waals surface area contributed by atoms with Crippen LogP contribution in [0.1, 0.15) is 31.2 Å². The lowest BCUT2D eigenvalue weighted by molar-refractivity contribution is 0.0506. The van der Waals surface area contributed by atoms with E-state index in [1.54, 1.807) is 0 Å². The molecule has 0 aromatic carbocycles. The monoisotopic (exact) mass is 345 g/mol. The van der Waals surface area contributed by atoms with E-state index in [0.717, 1.165) is 26.1 Å². The van der Waals surface area contributed by atoms with Crippen LogP contribution in [0.4, 0.5) is 0 Å². The molecule has 3 atom stereocenters. The number of halogens is 1. The summed E-state index contributed by atoms with van der Waals surface area (Å²) < 4.78 is 1.17. The van der Waals surface area contributed by atoms with Gasteiger partial charge in [-0.05, 0) is 42.4 Å². The second-order valence-corrected chi connectivity index (χ2v) is 7.39. The zero-order valence-electron chi connectivity index (χ0n) is 12.0. The molecular formula is C14H24BrN3S. The van der Waals surface area contributed by atoms with Gasteiger partial charge in [0.25, 0.3) is 0 Å². The molecule has 0 bridgehead atoms. The van der Waals surface area contributed by atoms with Gasteiger partial charge in [0.2, 0.25) is 0 Å². The van der Waals surface area contributed by atoms with Gasteiger partial charge in [-0.15, -0.1) is 11.3 Å². The lowest BCUT2D eigenvalue weighted by atomic mass is 10.00. The Morgan fingerprint density at radius 3 is 2.79 bits per heavy atom. The number of likely N-dealkylation sites (N-methyl/N-ethyl adjacent to an activating group) is 1. The Hall–Kier alpha value is 0.0600. The van der Waals surface area contributed by atoms with Gasteiger partial charge in [0, 0.05) is 46.4 Å². The Labute approximate surface area is 128 Å². The van der Waals surface area contributed by atoms with Crippen molar-refractivity contribution in [3.8, 4) is 0 Å². The Bertz CT molecular complexity index is 409. The number of rotatable bonds is 4. The highest BCUT2D eigenvalue weighted by molar-refractivity contribution is 9.10. The van der Waals surface area contributed by atoms with Gasteiger partial charge in [-0.3, -0.25) is 4.90 Å². The van der Waals surface area contributed by atoms with Gasteiger partial charge in [-0.25, -0.2) is 0 Å². The van der Waals surface area contributed by atoms with Crippen molar-refractivity contribution in [1.29, 1.82) is 0 Å². The first-order chi connectivity index (χ1) is 9.02. The Balaban J connectivity index is 2.22. The molecule has 19 heavy (non-hydrogen) atoms. The number of thiophene rings is 1. The van der Waals surface area contributed by atoms with E-state index in [-0.39, 0.29) is 6.04 Å². The van der Waals surface area contributed by atoms with Crippen molar-refractivity contribution in [2.45, 2.75) is 38.4 Å². The average Bonchev–Trinajstić information content (AvgIpc) is 2.78. The molecule has 0 spiro atoms. The Morgan fingerprint density at radius 2 is 2.26 bits per heavy atom. The van der Waals surface area contributed by atoms with Gasteiger partial charge in [0.1, 0.15) is 0 Å². The predicted molar refractivity (Wildman–Crippen MR) is 86.7 cm³/mol. The molecule has 1 aromatic heterocycles. The van der Waals surface area contributed by atoms with Gasteiger partial charge in [-0.2, -0.15) is 0 Å². The van der Waals surface area contributed by atoms with Gasteiger partial charge >= 0.3 is 0 Å². The summed E-state index contributed by atoms with van der Waals surface area (Å²) >= 11 is 5.38. The molecule has 108 valence electrons. The van der Waals surface area contributed by atoms with Crippen LogP contribution in [0.5, 0.6) is 0 Å². The van der Waals surface area contributed by atoms with Crippen LogP contribution in [0, 0.1) is 0 Å². The summed E-state index contributed by atoms with van der Waals surface area (Å²) in [5, 5.41) is 2.16. The summed E-state index contributed by atoms with van der Waals surface area (Å²) in [5.74, 6) is 0. The number of hydrogen-bond donors (Lipinski definition) is 1. The van der Waals surface area contributed by atoms with Crippen LogP contribution in [0.3, 0.4) is 0 Å². The molecule has 1 aliphatic rings. The average molecular weight is 346 g/mol. The van der Waals surface area contributed by atoms with Crippen LogP contribution < -0.4 is 5.73 Å². The zero-order chi connectivity index (χ0) is 14.0. The third-order valence-electron chi connectivity index (χ3n) is 4.00. The SMILES string of the molecule is CCC(N)C(c1cc(Br)cs1)N1CCN(C)CC1C. The smallest absolute Gasteiger partial charge is 0.0596 e. The van der Waals surface area contributed by atoms with Crippen molar-refractivity contribution < 1.29 is 0 Å². The number of hydrogen-bond acceptors (Lipinski definition) is 4. The van der Waals surface area contributed by atoms with E-state index < -0.39 is 0 Å². The topological polar surface area (TPSA) is 32.5 Å². The first-order valence-electron chi connectivity index (χ1n) is 6.96. The molecule has 1 aliphatic heterocycles. The molecule has 0 saturated carbocycles. The van der Waals surface area contributed by atoms with E-state index in [4.69, 9.17) is 5.73 Å². The second kappa shape index (κ2) is 6.68. The minimum atomic E-state index is 0.205. The van der Waals surface area contributed by atoms with E-state index in [1.165, 1.54) is 9.35 Å². The van der Waals surface area contributed by atoms with Crippen LogP contribution in [0.15, 0.2) is 15.9 Å².